The summed E-state index contributed by atoms with van der Waals surface area (Å²) < 4.78 is 5.61. The molecule has 0 unspecified atom stereocenters. The highest BCUT2D eigenvalue weighted by atomic mass is 16.6. The van der Waals surface area contributed by atoms with E-state index in [-0.39, 0.29) is 10.6 Å². The number of non-ortho nitro benzene ring substituents is 1. The van der Waals surface area contributed by atoms with Crippen molar-refractivity contribution >= 4 is 11.4 Å². The number of hydrogen-bond donors (Lipinski definition) is 0. The number of nitrogens with zero attached hydrogens (tertiary/aromatic N) is 4. The second-order valence-electron chi connectivity index (χ2n) is 6.55. The zero-order chi connectivity index (χ0) is 18.6. The van der Waals surface area contributed by atoms with Gasteiger partial charge in [0.15, 0.2) is 0 Å². The van der Waals surface area contributed by atoms with Gasteiger partial charge in [0.1, 0.15) is 6.26 Å². The van der Waals surface area contributed by atoms with Gasteiger partial charge < -0.3 is 9.32 Å². The lowest BCUT2D eigenvalue weighted by atomic mass is 10.2. The maximum Gasteiger partial charge on any atom is 0.271 e. The molecule has 27 heavy (non-hydrogen) atoms. The second-order valence-corrected chi connectivity index (χ2v) is 6.55. The van der Waals surface area contributed by atoms with Crippen molar-refractivity contribution in [3.8, 4) is 11.5 Å². The van der Waals surface area contributed by atoms with Crippen molar-refractivity contribution in [3.63, 3.8) is 0 Å². The molecule has 4 rings (SSSR count). The first-order chi connectivity index (χ1) is 13.2. The molecular weight excluding hydrogens is 344 g/mol. The topological polar surface area (TPSA) is 75.7 Å². The third-order valence-electron chi connectivity index (χ3n) is 4.74. The van der Waals surface area contributed by atoms with Gasteiger partial charge in [-0.3, -0.25) is 15.0 Å². The number of piperazine rings is 1. The third-order valence-corrected chi connectivity index (χ3v) is 4.74. The van der Waals surface area contributed by atoms with E-state index in [4.69, 9.17) is 4.42 Å². The van der Waals surface area contributed by atoms with E-state index in [0.717, 1.165) is 49.7 Å². The van der Waals surface area contributed by atoms with Gasteiger partial charge in [0, 0.05) is 56.1 Å². The van der Waals surface area contributed by atoms with Crippen LogP contribution < -0.4 is 4.90 Å². The quantitative estimate of drug-likeness (QED) is 0.509. The van der Waals surface area contributed by atoms with Gasteiger partial charge in [0.25, 0.3) is 5.69 Å². The highest BCUT2D eigenvalue weighted by molar-refractivity contribution is 5.54. The number of oxazole rings is 1. The molecule has 0 spiro atoms. The number of benzene rings is 2. The van der Waals surface area contributed by atoms with E-state index in [0.29, 0.717) is 5.89 Å². The lowest BCUT2D eigenvalue weighted by molar-refractivity contribution is -0.384. The fraction of sp³-hybridized carbons (Fsp3) is 0.250. The van der Waals surface area contributed by atoms with Crippen LogP contribution >= 0.6 is 0 Å². The predicted molar refractivity (Wildman–Crippen MR) is 103 cm³/mol. The molecule has 0 N–H and O–H groups in total. The number of anilines is 1. The van der Waals surface area contributed by atoms with Gasteiger partial charge in [-0.1, -0.05) is 24.3 Å². The molecule has 0 amide bonds. The Morgan fingerprint density at radius 2 is 1.81 bits per heavy atom. The number of nitro benzene ring substituents is 1. The SMILES string of the molecule is O=[N+]([O-])c1cccc(N2CCN(Cc3coc(-c4ccccc4)n3)CC2)c1. The minimum Gasteiger partial charge on any atom is -0.444 e. The minimum absolute atomic E-state index is 0.131. The van der Waals surface area contributed by atoms with Gasteiger partial charge in [0.2, 0.25) is 5.89 Å². The minimum atomic E-state index is -0.353. The zero-order valence-corrected chi connectivity index (χ0v) is 14.8. The van der Waals surface area contributed by atoms with Crippen LogP contribution in [0, 0.1) is 10.1 Å². The van der Waals surface area contributed by atoms with Crippen LogP contribution in [0.2, 0.25) is 0 Å². The Kier molecular flexibility index (Phi) is 4.84. The molecule has 0 aliphatic carbocycles. The van der Waals surface area contributed by atoms with E-state index in [1.165, 1.54) is 6.07 Å². The predicted octanol–water partition coefficient (Wildman–Crippen LogP) is 3.57. The van der Waals surface area contributed by atoms with Crippen LogP contribution in [0.1, 0.15) is 5.69 Å². The summed E-state index contributed by atoms with van der Waals surface area (Å²) in [5.41, 5.74) is 2.92. The normalized spacial score (nSPS) is 15.0. The van der Waals surface area contributed by atoms with E-state index < -0.39 is 0 Å². The molecule has 0 bridgehead atoms. The van der Waals surface area contributed by atoms with Gasteiger partial charge >= 0.3 is 0 Å². The molecule has 2 aromatic carbocycles. The molecule has 2 heterocycles. The largest absolute Gasteiger partial charge is 0.444 e. The van der Waals surface area contributed by atoms with Crippen molar-refractivity contribution in [3.05, 3.63) is 76.7 Å². The number of nitro groups is 1. The van der Waals surface area contributed by atoms with Gasteiger partial charge in [-0.25, -0.2) is 4.98 Å². The highest BCUT2D eigenvalue weighted by Crippen LogP contribution is 2.23. The first kappa shape index (κ1) is 17.2. The molecule has 7 nitrogen and oxygen atoms in total. The maximum atomic E-state index is 11.0. The fourth-order valence-electron chi connectivity index (χ4n) is 3.29. The van der Waals surface area contributed by atoms with Crippen LogP contribution in [-0.4, -0.2) is 41.0 Å². The molecule has 0 atom stereocenters. The fourth-order valence-corrected chi connectivity index (χ4v) is 3.29. The van der Waals surface area contributed by atoms with Crippen LogP contribution in [0.3, 0.4) is 0 Å². The second kappa shape index (κ2) is 7.59. The van der Waals surface area contributed by atoms with E-state index in [9.17, 15) is 10.1 Å². The van der Waals surface area contributed by atoms with E-state index in [1.807, 2.05) is 36.4 Å². The summed E-state index contributed by atoms with van der Waals surface area (Å²) in [7, 11) is 0. The van der Waals surface area contributed by atoms with Gasteiger partial charge in [-0.05, 0) is 18.2 Å². The van der Waals surface area contributed by atoms with Gasteiger partial charge in [-0.15, -0.1) is 0 Å². The van der Waals surface area contributed by atoms with Crippen molar-refractivity contribution < 1.29 is 9.34 Å². The van der Waals surface area contributed by atoms with Crippen LogP contribution in [0.25, 0.3) is 11.5 Å². The Hall–Kier alpha value is -3.19. The summed E-state index contributed by atoms with van der Waals surface area (Å²) in [6.45, 7) is 4.13. The molecule has 1 aromatic heterocycles. The molecule has 1 aliphatic rings. The van der Waals surface area contributed by atoms with Crippen LogP contribution in [0.15, 0.2) is 65.3 Å². The zero-order valence-electron chi connectivity index (χ0n) is 14.8. The first-order valence-electron chi connectivity index (χ1n) is 8.90. The molecular formula is C20H20N4O3. The Labute approximate surface area is 157 Å². The van der Waals surface area contributed by atoms with Crippen molar-refractivity contribution in [1.29, 1.82) is 0 Å². The summed E-state index contributed by atoms with van der Waals surface area (Å²) in [5.74, 6) is 0.640. The summed E-state index contributed by atoms with van der Waals surface area (Å²) in [4.78, 5) is 19.7. The molecule has 3 aromatic rings. The number of hydrogen-bond acceptors (Lipinski definition) is 6. The van der Waals surface area contributed by atoms with Gasteiger partial charge in [-0.2, -0.15) is 0 Å². The lowest BCUT2D eigenvalue weighted by Gasteiger charge is -2.35. The van der Waals surface area contributed by atoms with Gasteiger partial charge in [0.05, 0.1) is 10.6 Å². The molecule has 1 saturated heterocycles. The smallest absolute Gasteiger partial charge is 0.271 e. The molecule has 138 valence electrons. The highest BCUT2D eigenvalue weighted by Gasteiger charge is 2.20. The molecule has 1 fully saturated rings. The molecule has 0 saturated carbocycles. The molecule has 7 heteroatoms. The average Bonchev–Trinajstić information content (AvgIpc) is 3.18. The van der Waals surface area contributed by atoms with Crippen LogP contribution in [-0.2, 0) is 6.54 Å². The molecule has 0 radical (unpaired) electrons. The Morgan fingerprint density at radius 3 is 2.56 bits per heavy atom. The first-order valence-corrected chi connectivity index (χ1v) is 8.90. The van der Waals surface area contributed by atoms with Crippen molar-refractivity contribution in [2.75, 3.05) is 31.1 Å². The maximum absolute atomic E-state index is 11.0. The summed E-state index contributed by atoms with van der Waals surface area (Å²) in [5, 5.41) is 11.0. The summed E-state index contributed by atoms with van der Waals surface area (Å²) in [6, 6.07) is 16.7. The van der Waals surface area contributed by atoms with Crippen LogP contribution in [0.4, 0.5) is 11.4 Å². The standard InChI is InChI=1S/C20H20N4O3/c25-24(26)19-8-4-7-18(13-19)23-11-9-22(10-12-23)14-17-15-27-20(21-17)16-5-2-1-3-6-16/h1-8,13,15H,9-12,14H2. The van der Waals surface area contributed by atoms with E-state index in [1.54, 1.807) is 18.4 Å². The van der Waals surface area contributed by atoms with Crippen molar-refractivity contribution in [2.45, 2.75) is 6.54 Å². The van der Waals surface area contributed by atoms with Crippen LogP contribution in [0.5, 0.6) is 0 Å². The van der Waals surface area contributed by atoms with Crippen molar-refractivity contribution in [1.82, 2.24) is 9.88 Å². The monoisotopic (exact) mass is 364 g/mol. The Morgan fingerprint density at radius 1 is 1.04 bits per heavy atom. The summed E-state index contributed by atoms with van der Waals surface area (Å²) >= 11 is 0. The average molecular weight is 364 g/mol. The lowest BCUT2D eigenvalue weighted by Crippen LogP contribution is -2.46. The summed E-state index contributed by atoms with van der Waals surface area (Å²) in [6.07, 6.45) is 1.72. The van der Waals surface area contributed by atoms with Crippen molar-refractivity contribution in [2.24, 2.45) is 0 Å². The van der Waals surface area contributed by atoms with E-state index in [2.05, 4.69) is 14.8 Å². The number of rotatable bonds is 5. The Balaban J connectivity index is 1.35. The number of aromatic nitrogens is 1. The van der Waals surface area contributed by atoms with E-state index >= 15 is 0 Å². The third kappa shape index (κ3) is 3.98. The molecule has 1 aliphatic heterocycles. The Bertz CT molecular complexity index is 918.